The van der Waals surface area contributed by atoms with Crippen LogP contribution in [0, 0.1) is 0 Å². The highest BCUT2D eigenvalue weighted by Gasteiger charge is 2.30. The molecule has 0 aliphatic carbocycles. The Bertz CT molecular complexity index is 320. The van der Waals surface area contributed by atoms with E-state index in [1.165, 1.54) is 11.3 Å². The van der Waals surface area contributed by atoms with Crippen molar-refractivity contribution in [3.05, 3.63) is 22.4 Å². The summed E-state index contributed by atoms with van der Waals surface area (Å²) in [4.78, 5) is 4.16. The summed E-state index contributed by atoms with van der Waals surface area (Å²) < 4.78 is 1.06. The number of hydrogen-bond donors (Lipinski definition) is 1. The molecule has 1 N–H and O–H groups in total. The highest BCUT2D eigenvalue weighted by molar-refractivity contribution is 9.10. The van der Waals surface area contributed by atoms with Crippen LogP contribution in [-0.2, 0) is 5.41 Å². The van der Waals surface area contributed by atoms with Gasteiger partial charge in [-0.2, -0.15) is 0 Å². The fraction of sp³-hybridized carbons (Fsp3) is 0.444. The van der Waals surface area contributed by atoms with Gasteiger partial charge in [-0.1, -0.05) is 13.8 Å². The maximum absolute atomic E-state index is 4.16. The van der Waals surface area contributed by atoms with Crippen LogP contribution in [0.1, 0.15) is 19.4 Å². The Morgan fingerprint density at radius 2 is 2.25 bits per heavy atom. The zero-order chi connectivity index (χ0) is 8.77. The SMILES string of the molecule is CC1(C)CNc2c(Br)cncc21. The van der Waals surface area contributed by atoms with Crippen LogP contribution in [0.4, 0.5) is 5.69 Å². The predicted octanol–water partition coefficient (Wildman–Crippen LogP) is 2.55. The minimum atomic E-state index is 0.214. The van der Waals surface area contributed by atoms with Gasteiger partial charge in [-0.05, 0) is 15.9 Å². The summed E-state index contributed by atoms with van der Waals surface area (Å²) in [5.41, 5.74) is 2.72. The fourth-order valence-electron chi connectivity index (χ4n) is 1.53. The van der Waals surface area contributed by atoms with Crippen molar-refractivity contribution >= 4 is 21.6 Å². The lowest BCUT2D eigenvalue weighted by atomic mass is 9.88. The topological polar surface area (TPSA) is 24.9 Å². The Morgan fingerprint density at radius 1 is 1.50 bits per heavy atom. The van der Waals surface area contributed by atoms with Crippen molar-refractivity contribution in [2.75, 3.05) is 11.9 Å². The number of halogens is 1. The van der Waals surface area contributed by atoms with Crippen molar-refractivity contribution in [1.29, 1.82) is 0 Å². The van der Waals surface area contributed by atoms with Gasteiger partial charge in [-0.25, -0.2) is 0 Å². The minimum absolute atomic E-state index is 0.214. The largest absolute Gasteiger partial charge is 0.383 e. The molecule has 0 amide bonds. The summed E-state index contributed by atoms with van der Waals surface area (Å²) in [5, 5.41) is 3.37. The van der Waals surface area contributed by atoms with Crippen LogP contribution in [0.2, 0.25) is 0 Å². The van der Waals surface area contributed by atoms with Gasteiger partial charge in [-0.3, -0.25) is 4.98 Å². The molecule has 0 atom stereocenters. The smallest absolute Gasteiger partial charge is 0.0593 e. The first-order valence-corrected chi connectivity index (χ1v) is 4.78. The third-order valence-electron chi connectivity index (χ3n) is 2.34. The Kier molecular flexibility index (Phi) is 1.65. The molecule has 1 aliphatic heterocycles. The van der Waals surface area contributed by atoms with Crippen LogP contribution in [0.25, 0.3) is 0 Å². The predicted molar refractivity (Wildman–Crippen MR) is 53.5 cm³/mol. The number of pyridine rings is 1. The van der Waals surface area contributed by atoms with Crippen LogP contribution in [0.5, 0.6) is 0 Å². The second-order valence-corrected chi connectivity index (χ2v) is 4.64. The summed E-state index contributed by atoms with van der Waals surface area (Å²) in [5.74, 6) is 0. The zero-order valence-corrected chi connectivity index (χ0v) is 8.77. The van der Waals surface area contributed by atoms with E-state index in [0.717, 1.165) is 11.0 Å². The molecule has 1 aromatic heterocycles. The Balaban J connectivity index is 2.61. The maximum Gasteiger partial charge on any atom is 0.0593 e. The van der Waals surface area contributed by atoms with Gasteiger partial charge >= 0.3 is 0 Å². The van der Waals surface area contributed by atoms with Gasteiger partial charge in [-0.15, -0.1) is 0 Å². The molecule has 0 aromatic carbocycles. The van der Waals surface area contributed by atoms with Crippen molar-refractivity contribution in [1.82, 2.24) is 4.98 Å². The number of anilines is 1. The van der Waals surface area contributed by atoms with Crippen molar-refractivity contribution in [2.45, 2.75) is 19.3 Å². The summed E-state index contributed by atoms with van der Waals surface area (Å²) in [6.07, 6.45) is 3.77. The quantitative estimate of drug-likeness (QED) is 0.736. The molecule has 1 aliphatic rings. The third-order valence-corrected chi connectivity index (χ3v) is 2.94. The van der Waals surface area contributed by atoms with E-state index in [-0.39, 0.29) is 5.41 Å². The van der Waals surface area contributed by atoms with E-state index in [1.807, 2.05) is 12.4 Å². The highest BCUT2D eigenvalue weighted by Crippen LogP contribution is 2.39. The zero-order valence-electron chi connectivity index (χ0n) is 7.19. The number of hydrogen-bond acceptors (Lipinski definition) is 2. The van der Waals surface area contributed by atoms with E-state index in [4.69, 9.17) is 0 Å². The Hall–Kier alpha value is -0.570. The molecule has 1 aromatic rings. The molecule has 12 heavy (non-hydrogen) atoms. The van der Waals surface area contributed by atoms with E-state index < -0.39 is 0 Å². The van der Waals surface area contributed by atoms with Gasteiger partial charge in [0, 0.05) is 29.9 Å². The minimum Gasteiger partial charge on any atom is -0.383 e. The molecule has 0 spiro atoms. The number of nitrogens with zero attached hydrogens (tertiary/aromatic N) is 1. The molecular weight excluding hydrogens is 216 g/mol. The molecule has 0 fully saturated rings. The van der Waals surface area contributed by atoms with Crippen LogP contribution < -0.4 is 5.32 Å². The molecule has 3 heteroatoms. The van der Waals surface area contributed by atoms with Crippen LogP contribution in [0.3, 0.4) is 0 Å². The van der Waals surface area contributed by atoms with Gasteiger partial charge in [0.1, 0.15) is 0 Å². The van der Waals surface area contributed by atoms with Gasteiger partial charge in [0.05, 0.1) is 10.2 Å². The summed E-state index contributed by atoms with van der Waals surface area (Å²) in [6.45, 7) is 5.44. The molecule has 2 rings (SSSR count). The van der Waals surface area contributed by atoms with E-state index in [1.54, 1.807) is 0 Å². The maximum atomic E-state index is 4.16. The van der Waals surface area contributed by atoms with Crippen LogP contribution in [-0.4, -0.2) is 11.5 Å². The molecule has 0 bridgehead atoms. The van der Waals surface area contributed by atoms with E-state index in [0.29, 0.717) is 0 Å². The second-order valence-electron chi connectivity index (χ2n) is 3.78. The number of rotatable bonds is 0. The first-order chi connectivity index (χ1) is 5.61. The molecule has 64 valence electrons. The average Bonchev–Trinajstić information content (AvgIpc) is 2.30. The van der Waals surface area contributed by atoms with Crippen molar-refractivity contribution in [3.8, 4) is 0 Å². The highest BCUT2D eigenvalue weighted by atomic mass is 79.9. The standard InChI is InChI=1S/C9H11BrN2/c1-9(2)5-12-8-6(9)3-11-4-7(8)10/h3-4,12H,5H2,1-2H3. The van der Waals surface area contributed by atoms with Gasteiger partial charge < -0.3 is 5.32 Å². The molecule has 0 radical (unpaired) electrons. The summed E-state index contributed by atoms with van der Waals surface area (Å²) in [6, 6.07) is 0. The third kappa shape index (κ3) is 1.04. The molecular formula is C9H11BrN2. The normalized spacial score (nSPS) is 18.6. The van der Waals surface area contributed by atoms with E-state index >= 15 is 0 Å². The Morgan fingerprint density at radius 3 is 2.92 bits per heavy atom. The second kappa shape index (κ2) is 2.46. The first-order valence-electron chi connectivity index (χ1n) is 3.99. The first kappa shape index (κ1) is 8.05. The molecule has 2 heterocycles. The lowest BCUT2D eigenvalue weighted by Gasteiger charge is -2.15. The monoisotopic (exact) mass is 226 g/mol. The van der Waals surface area contributed by atoms with Crippen molar-refractivity contribution in [3.63, 3.8) is 0 Å². The lowest BCUT2D eigenvalue weighted by Crippen LogP contribution is -2.18. The van der Waals surface area contributed by atoms with Gasteiger partial charge in [0.25, 0.3) is 0 Å². The van der Waals surface area contributed by atoms with Crippen LogP contribution in [0.15, 0.2) is 16.9 Å². The van der Waals surface area contributed by atoms with E-state index in [9.17, 15) is 0 Å². The van der Waals surface area contributed by atoms with Gasteiger partial charge in [0.15, 0.2) is 0 Å². The average molecular weight is 227 g/mol. The number of aromatic nitrogens is 1. The summed E-state index contributed by atoms with van der Waals surface area (Å²) >= 11 is 3.47. The van der Waals surface area contributed by atoms with Crippen molar-refractivity contribution in [2.24, 2.45) is 0 Å². The van der Waals surface area contributed by atoms with Crippen molar-refractivity contribution < 1.29 is 0 Å². The van der Waals surface area contributed by atoms with Gasteiger partial charge in [0.2, 0.25) is 0 Å². The molecule has 0 saturated carbocycles. The molecule has 2 nitrogen and oxygen atoms in total. The summed E-state index contributed by atoms with van der Waals surface area (Å²) in [7, 11) is 0. The molecule has 0 saturated heterocycles. The Labute approximate surface area is 80.5 Å². The fourth-order valence-corrected chi connectivity index (χ4v) is 2.00. The van der Waals surface area contributed by atoms with Crippen LogP contribution >= 0.6 is 15.9 Å². The number of fused-ring (bicyclic) bond motifs is 1. The lowest BCUT2D eigenvalue weighted by molar-refractivity contribution is 0.584. The molecule has 0 unspecified atom stereocenters. The number of nitrogens with one attached hydrogen (secondary N) is 1. The van der Waals surface area contributed by atoms with E-state index in [2.05, 4.69) is 40.1 Å².